The number of anilines is 2. The third-order valence-electron chi connectivity index (χ3n) is 5.77. The van der Waals surface area contributed by atoms with Crippen LogP contribution in [0.4, 0.5) is 11.6 Å². The van der Waals surface area contributed by atoms with Crippen LogP contribution in [0.25, 0.3) is 11.0 Å². The van der Waals surface area contributed by atoms with E-state index in [2.05, 4.69) is 32.1 Å². The van der Waals surface area contributed by atoms with E-state index >= 15 is 0 Å². The van der Waals surface area contributed by atoms with Gasteiger partial charge in [0.2, 0.25) is 5.95 Å². The number of carbonyl (C=O) groups excluding carboxylic acids is 1. The van der Waals surface area contributed by atoms with Crippen molar-refractivity contribution in [3.05, 3.63) is 40.3 Å². The Kier molecular flexibility index (Phi) is 6.33. The minimum absolute atomic E-state index is 0.0419. The summed E-state index contributed by atoms with van der Waals surface area (Å²) in [6.45, 7) is 3.19. The molecule has 3 aromatic rings. The maximum absolute atomic E-state index is 13.4. The van der Waals surface area contributed by atoms with Gasteiger partial charge in [-0.2, -0.15) is 5.10 Å². The summed E-state index contributed by atoms with van der Waals surface area (Å²) in [5.41, 5.74) is 7.12. The Morgan fingerprint density at radius 3 is 2.94 bits per heavy atom. The fourth-order valence-electron chi connectivity index (χ4n) is 4.18. The molecule has 10 heteroatoms. The summed E-state index contributed by atoms with van der Waals surface area (Å²) in [5.74, 6) is 6.11. The molecule has 0 spiro atoms. The van der Waals surface area contributed by atoms with Gasteiger partial charge in [-0.3, -0.25) is 14.2 Å². The number of carbonyl (C=O) groups is 1. The topological polar surface area (TPSA) is 131 Å². The first-order valence-electron chi connectivity index (χ1n) is 10.8. The first kappa shape index (κ1) is 22.4. The van der Waals surface area contributed by atoms with E-state index in [1.165, 1.54) is 12.3 Å². The van der Waals surface area contributed by atoms with Crippen LogP contribution in [0.1, 0.15) is 30.1 Å². The second-order valence-corrected chi connectivity index (χ2v) is 7.99. The van der Waals surface area contributed by atoms with Gasteiger partial charge in [-0.15, -0.1) is 5.92 Å². The standard InChI is InChI=1S/C23H27N7O3/c1-3-4-11-29-21-17(27-23(29)28-10-6-7-15(24)13-28)12-26-30(22(21)33)14-19(32)16-8-5-9-18(31)20(16)25-2/h5,8-9,12,15,25,31H,6-7,10-11,13-14,24H2,1-2H3/t15-/m1/s1. The first-order valence-corrected chi connectivity index (χ1v) is 10.8. The van der Waals surface area contributed by atoms with Gasteiger partial charge in [0.05, 0.1) is 18.4 Å². The van der Waals surface area contributed by atoms with Crippen molar-refractivity contribution in [1.82, 2.24) is 19.3 Å². The van der Waals surface area contributed by atoms with Gasteiger partial charge >= 0.3 is 0 Å². The molecular weight excluding hydrogens is 422 g/mol. The lowest BCUT2D eigenvalue weighted by Gasteiger charge is -2.31. The maximum Gasteiger partial charge on any atom is 0.293 e. The summed E-state index contributed by atoms with van der Waals surface area (Å²) in [6, 6.07) is 4.70. The van der Waals surface area contributed by atoms with E-state index in [1.807, 2.05) is 0 Å². The molecule has 0 radical (unpaired) electrons. The summed E-state index contributed by atoms with van der Waals surface area (Å²) >= 11 is 0. The second-order valence-electron chi connectivity index (χ2n) is 7.99. The quantitative estimate of drug-likeness (QED) is 0.290. The maximum atomic E-state index is 13.4. The van der Waals surface area contributed by atoms with Crippen LogP contribution >= 0.6 is 0 Å². The molecule has 0 unspecified atom stereocenters. The number of phenols is 1. The van der Waals surface area contributed by atoms with Gasteiger partial charge in [0.15, 0.2) is 5.78 Å². The van der Waals surface area contributed by atoms with Crippen LogP contribution in [0.5, 0.6) is 5.75 Å². The molecule has 1 saturated heterocycles. The fourth-order valence-corrected chi connectivity index (χ4v) is 4.18. The normalized spacial score (nSPS) is 15.8. The number of benzene rings is 1. The van der Waals surface area contributed by atoms with Crippen molar-refractivity contribution in [2.24, 2.45) is 5.73 Å². The number of aromatic nitrogens is 4. The van der Waals surface area contributed by atoms with E-state index in [9.17, 15) is 14.7 Å². The predicted octanol–water partition coefficient (Wildman–Crippen LogP) is 1.17. The van der Waals surface area contributed by atoms with Gasteiger partial charge in [0, 0.05) is 31.7 Å². The van der Waals surface area contributed by atoms with Gasteiger partial charge in [0.25, 0.3) is 5.56 Å². The number of nitrogens with zero attached hydrogens (tertiary/aromatic N) is 5. The van der Waals surface area contributed by atoms with Gasteiger partial charge in [-0.05, 0) is 31.9 Å². The molecule has 1 aliphatic heterocycles. The van der Waals surface area contributed by atoms with Crippen LogP contribution in [-0.4, -0.2) is 56.4 Å². The zero-order valence-corrected chi connectivity index (χ0v) is 18.7. The lowest BCUT2D eigenvalue weighted by atomic mass is 10.1. The van der Waals surface area contributed by atoms with E-state index < -0.39 is 5.56 Å². The number of ketones is 1. The molecule has 1 atom stereocenters. The van der Waals surface area contributed by atoms with Crippen LogP contribution in [0, 0.1) is 11.8 Å². The number of fused-ring (bicyclic) bond motifs is 1. The molecule has 1 fully saturated rings. The molecule has 4 N–H and O–H groups in total. The van der Waals surface area contributed by atoms with Crippen LogP contribution in [0.2, 0.25) is 0 Å². The van der Waals surface area contributed by atoms with Crippen molar-refractivity contribution in [3.8, 4) is 17.6 Å². The van der Waals surface area contributed by atoms with Crippen molar-refractivity contribution < 1.29 is 9.90 Å². The third-order valence-corrected chi connectivity index (χ3v) is 5.77. The van der Waals surface area contributed by atoms with Crippen LogP contribution in [0.3, 0.4) is 0 Å². The number of rotatable bonds is 6. The van der Waals surface area contributed by atoms with Gasteiger partial charge < -0.3 is 21.1 Å². The number of nitrogens with two attached hydrogens (primary N) is 1. The van der Waals surface area contributed by atoms with E-state index in [-0.39, 0.29) is 36.2 Å². The summed E-state index contributed by atoms with van der Waals surface area (Å²) in [7, 11) is 1.61. The van der Waals surface area contributed by atoms with Crippen molar-refractivity contribution >= 4 is 28.5 Å². The molecule has 0 saturated carbocycles. The molecule has 2 aromatic heterocycles. The number of aromatic hydroxyl groups is 1. The number of hydrogen-bond acceptors (Lipinski definition) is 8. The molecule has 4 rings (SSSR count). The molecule has 10 nitrogen and oxygen atoms in total. The largest absolute Gasteiger partial charge is 0.506 e. The van der Waals surface area contributed by atoms with Crippen molar-refractivity contribution in [1.29, 1.82) is 0 Å². The van der Waals surface area contributed by atoms with E-state index in [0.717, 1.165) is 24.1 Å². The highest BCUT2D eigenvalue weighted by Crippen LogP contribution is 2.27. The smallest absolute Gasteiger partial charge is 0.293 e. The Labute approximate surface area is 191 Å². The number of piperidine rings is 1. The summed E-state index contributed by atoms with van der Waals surface area (Å²) in [4.78, 5) is 33.1. The van der Waals surface area contributed by atoms with Crippen LogP contribution in [-0.2, 0) is 13.1 Å². The van der Waals surface area contributed by atoms with E-state index in [4.69, 9.17) is 5.73 Å². The average Bonchev–Trinajstić information content (AvgIpc) is 3.18. The number of Topliss-reactive ketones (excluding diaryl/α,β-unsaturated/α-hetero) is 1. The molecule has 0 amide bonds. The number of hydrogen-bond donors (Lipinski definition) is 3. The second kappa shape index (κ2) is 9.34. The molecule has 0 aliphatic carbocycles. The number of phenolic OH excluding ortho intramolecular Hbond substituents is 1. The third kappa shape index (κ3) is 4.27. The molecule has 1 aliphatic rings. The first-order chi connectivity index (χ1) is 15.9. The molecule has 0 bridgehead atoms. The highest BCUT2D eigenvalue weighted by Gasteiger charge is 2.25. The van der Waals surface area contributed by atoms with Gasteiger partial charge in [-0.25, -0.2) is 9.67 Å². The lowest BCUT2D eigenvalue weighted by Crippen LogP contribution is -2.44. The van der Waals surface area contributed by atoms with Gasteiger partial charge in [-0.1, -0.05) is 12.0 Å². The fraction of sp³-hybridized carbons (Fsp3) is 0.391. The Bertz CT molecular complexity index is 1320. The summed E-state index contributed by atoms with van der Waals surface area (Å²) < 4.78 is 2.90. The van der Waals surface area contributed by atoms with Crippen molar-refractivity contribution in [2.45, 2.75) is 38.9 Å². The lowest BCUT2D eigenvalue weighted by molar-refractivity contribution is 0.0966. The van der Waals surface area contributed by atoms with E-state index in [1.54, 1.807) is 30.7 Å². The average molecular weight is 450 g/mol. The van der Waals surface area contributed by atoms with Gasteiger partial charge in [0.1, 0.15) is 23.3 Å². The zero-order valence-electron chi connectivity index (χ0n) is 18.7. The highest BCUT2D eigenvalue weighted by atomic mass is 16.3. The summed E-state index contributed by atoms with van der Waals surface area (Å²) in [6.07, 6.45) is 3.39. The highest BCUT2D eigenvalue weighted by molar-refractivity contribution is 6.02. The van der Waals surface area contributed by atoms with E-state index in [0.29, 0.717) is 29.2 Å². The Hall–Kier alpha value is -3.84. The molecule has 3 heterocycles. The minimum atomic E-state index is -0.426. The molecule has 33 heavy (non-hydrogen) atoms. The Morgan fingerprint density at radius 1 is 1.39 bits per heavy atom. The van der Waals surface area contributed by atoms with Crippen molar-refractivity contribution in [2.75, 3.05) is 30.4 Å². The Balaban J connectivity index is 1.76. The molecule has 172 valence electrons. The predicted molar refractivity (Wildman–Crippen MR) is 127 cm³/mol. The monoisotopic (exact) mass is 449 g/mol. The Morgan fingerprint density at radius 2 is 2.21 bits per heavy atom. The SMILES string of the molecule is CC#CCn1c(N2CCC[C@@H](N)C2)nc2cnn(CC(=O)c3cccc(O)c3NC)c(=O)c21. The van der Waals surface area contributed by atoms with Crippen LogP contribution in [0.15, 0.2) is 29.2 Å². The number of nitrogens with one attached hydrogen (secondary N) is 1. The molecular formula is C23H27N7O3. The summed E-state index contributed by atoms with van der Waals surface area (Å²) in [5, 5.41) is 17.0. The zero-order chi connectivity index (χ0) is 23.5. The minimum Gasteiger partial charge on any atom is -0.506 e. The van der Waals surface area contributed by atoms with Crippen molar-refractivity contribution in [3.63, 3.8) is 0 Å². The molecule has 1 aromatic carbocycles. The number of para-hydroxylation sites is 1. The number of imidazole rings is 1. The van der Waals surface area contributed by atoms with Crippen LogP contribution < -0.4 is 21.5 Å².